The van der Waals surface area contributed by atoms with Gasteiger partial charge in [-0.05, 0) is 37.7 Å². The normalized spacial score (nSPS) is 24.3. The SMILES string of the molecule is O=C(O)CN(CC1CC1)C1CC(NCc2ccccc2F)C1. The summed E-state index contributed by atoms with van der Waals surface area (Å²) < 4.78 is 13.5. The van der Waals surface area contributed by atoms with Crippen molar-refractivity contribution in [2.24, 2.45) is 5.92 Å². The van der Waals surface area contributed by atoms with Gasteiger partial charge in [-0.25, -0.2) is 4.39 Å². The van der Waals surface area contributed by atoms with Gasteiger partial charge in [-0.2, -0.15) is 0 Å². The lowest BCUT2D eigenvalue weighted by Crippen LogP contribution is -2.54. The van der Waals surface area contributed by atoms with Crippen LogP contribution in [0.3, 0.4) is 0 Å². The molecule has 3 rings (SSSR count). The third kappa shape index (κ3) is 4.05. The summed E-state index contributed by atoms with van der Waals surface area (Å²) in [6.07, 6.45) is 4.37. The average Bonchev–Trinajstić information content (AvgIpc) is 3.22. The Kier molecular flexibility index (Phi) is 4.74. The van der Waals surface area contributed by atoms with Crippen LogP contribution in [-0.2, 0) is 11.3 Å². The van der Waals surface area contributed by atoms with E-state index in [9.17, 15) is 9.18 Å². The highest BCUT2D eigenvalue weighted by Gasteiger charge is 2.36. The summed E-state index contributed by atoms with van der Waals surface area (Å²) in [6, 6.07) is 7.52. The van der Waals surface area contributed by atoms with Crippen LogP contribution in [0.15, 0.2) is 24.3 Å². The lowest BCUT2D eigenvalue weighted by Gasteiger charge is -2.43. The van der Waals surface area contributed by atoms with E-state index in [-0.39, 0.29) is 12.4 Å². The van der Waals surface area contributed by atoms with E-state index in [0.717, 1.165) is 19.4 Å². The second kappa shape index (κ2) is 6.75. The molecule has 0 saturated heterocycles. The number of nitrogens with zero attached hydrogens (tertiary/aromatic N) is 1. The van der Waals surface area contributed by atoms with Gasteiger partial charge in [-0.3, -0.25) is 9.69 Å². The van der Waals surface area contributed by atoms with Crippen LogP contribution in [-0.4, -0.2) is 41.1 Å². The van der Waals surface area contributed by atoms with Crippen molar-refractivity contribution in [2.45, 2.75) is 44.3 Å². The van der Waals surface area contributed by atoms with Gasteiger partial charge >= 0.3 is 5.97 Å². The molecule has 0 heterocycles. The first-order valence-electron chi connectivity index (χ1n) is 8.04. The van der Waals surface area contributed by atoms with Gasteiger partial charge in [0.05, 0.1) is 6.54 Å². The number of hydrogen-bond acceptors (Lipinski definition) is 3. The summed E-state index contributed by atoms with van der Waals surface area (Å²) in [4.78, 5) is 13.1. The largest absolute Gasteiger partial charge is 0.480 e. The lowest BCUT2D eigenvalue weighted by molar-refractivity contribution is -0.139. The Morgan fingerprint density at radius 3 is 2.68 bits per heavy atom. The molecule has 0 bridgehead atoms. The van der Waals surface area contributed by atoms with Gasteiger partial charge in [0.25, 0.3) is 0 Å². The number of halogens is 1. The minimum atomic E-state index is -0.747. The molecule has 5 heteroatoms. The lowest BCUT2D eigenvalue weighted by atomic mass is 9.85. The molecular formula is C17H23FN2O2. The molecule has 2 aliphatic rings. The van der Waals surface area contributed by atoms with Gasteiger partial charge in [0.1, 0.15) is 5.82 Å². The monoisotopic (exact) mass is 306 g/mol. The predicted octanol–water partition coefficient (Wildman–Crippen LogP) is 2.24. The Balaban J connectivity index is 1.44. The van der Waals surface area contributed by atoms with E-state index in [1.807, 2.05) is 6.07 Å². The smallest absolute Gasteiger partial charge is 0.317 e. The summed E-state index contributed by atoms with van der Waals surface area (Å²) >= 11 is 0. The summed E-state index contributed by atoms with van der Waals surface area (Å²) in [5, 5.41) is 12.4. The van der Waals surface area contributed by atoms with Gasteiger partial charge < -0.3 is 10.4 Å². The molecule has 0 amide bonds. The first-order valence-corrected chi connectivity index (χ1v) is 8.04. The van der Waals surface area contributed by atoms with Gasteiger partial charge in [0, 0.05) is 30.7 Å². The number of carboxylic acids is 1. The minimum absolute atomic E-state index is 0.140. The molecule has 4 nitrogen and oxygen atoms in total. The molecule has 0 radical (unpaired) electrons. The van der Waals surface area contributed by atoms with Crippen molar-refractivity contribution < 1.29 is 14.3 Å². The van der Waals surface area contributed by atoms with Crippen LogP contribution in [0, 0.1) is 11.7 Å². The van der Waals surface area contributed by atoms with Gasteiger partial charge in [-0.1, -0.05) is 18.2 Å². The van der Waals surface area contributed by atoms with E-state index in [1.165, 1.54) is 18.9 Å². The fourth-order valence-corrected chi connectivity index (χ4v) is 3.10. The number of carboxylic acid groups (broad SMARTS) is 1. The van der Waals surface area contributed by atoms with Crippen LogP contribution in [0.4, 0.5) is 4.39 Å². The standard InChI is InChI=1S/C17H23FN2O2/c18-16-4-2-1-3-13(16)9-19-14-7-15(8-14)20(11-17(21)22)10-12-5-6-12/h1-4,12,14-15,19H,5-11H2,(H,21,22). The van der Waals surface area contributed by atoms with Crippen LogP contribution in [0.2, 0.25) is 0 Å². The number of nitrogens with one attached hydrogen (secondary N) is 1. The number of rotatable bonds is 8. The van der Waals surface area contributed by atoms with Crippen molar-refractivity contribution in [3.05, 3.63) is 35.6 Å². The Bertz CT molecular complexity index is 527. The zero-order chi connectivity index (χ0) is 15.5. The first-order chi connectivity index (χ1) is 10.6. The third-order valence-electron chi connectivity index (χ3n) is 4.70. The van der Waals surface area contributed by atoms with Crippen molar-refractivity contribution >= 4 is 5.97 Å². The molecule has 22 heavy (non-hydrogen) atoms. The molecule has 120 valence electrons. The predicted molar refractivity (Wildman–Crippen MR) is 82.0 cm³/mol. The molecule has 0 unspecified atom stereocenters. The molecule has 0 spiro atoms. The van der Waals surface area contributed by atoms with Gasteiger partial charge in [0.15, 0.2) is 0 Å². The summed E-state index contributed by atoms with van der Waals surface area (Å²) in [6.45, 7) is 1.59. The molecule has 1 aromatic carbocycles. The van der Waals surface area contributed by atoms with Crippen molar-refractivity contribution in [3.63, 3.8) is 0 Å². The first kappa shape index (κ1) is 15.4. The highest BCUT2D eigenvalue weighted by atomic mass is 19.1. The highest BCUT2D eigenvalue weighted by molar-refractivity contribution is 5.69. The second-order valence-electron chi connectivity index (χ2n) is 6.56. The fourth-order valence-electron chi connectivity index (χ4n) is 3.10. The van der Waals surface area contributed by atoms with Crippen molar-refractivity contribution in [1.29, 1.82) is 0 Å². The number of hydrogen-bond donors (Lipinski definition) is 2. The molecule has 0 aromatic heterocycles. The maximum Gasteiger partial charge on any atom is 0.317 e. The number of carbonyl (C=O) groups is 1. The van der Waals surface area contributed by atoms with Crippen LogP contribution < -0.4 is 5.32 Å². The maximum absolute atomic E-state index is 13.5. The van der Waals surface area contributed by atoms with Crippen molar-refractivity contribution in [3.8, 4) is 0 Å². The van der Waals surface area contributed by atoms with E-state index in [2.05, 4.69) is 10.2 Å². The fraction of sp³-hybridized carbons (Fsp3) is 0.588. The molecule has 1 aromatic rings. The van der Waals surface area contributed by atoms with Crippen LogP contribution in [0.5, 0.6) is 0 Å². The summed E-state index contributed by atoms with van der Waals surface area (Å²) in [7, 11) is 0. The Labute approximate surface area is 130 Å². The third-order valence-corrected chi connectivity index (χ3v) is 4.70. The molecule has 2 aliphatic carbocycles. The summed E-state index contributed by atoms with van der Waals surface area (Å²) in [5.41, 5.74) is 0.686. The van der Waals surface area contributed by atoms with Gasteiger partial charge in [0.2, 0.25) is 0 Å². The van der Waals surface area contributed by atoms with E-state index in [0.29, 0.717) is 30.1 Å². The van der Waals surface area contributed by atoms with Crippen LogP contribution in [0.25, 0.3) is 0 Å². The topological polar surface area (TPSA) is 52.6 Å². The Morgan fingerprint density at radius 2 is 2.05 bits per heavy atom. The summed E-state index contributed by atoms with van der Waals surface area (Å²) in [5.74, 6) is -0.222. The van der Waals surface area contributed by atoms with Crippen molar-refractivity contribution in [1.82, 2.24) is 10.2 Å². The average molecular weight is 306 g/mol. The Hall–Kier alpha value is -1.46. The highest BCUT2D eigenvalue weighted by Crippen LogP contribution is 2.33. The number of aliphatic carboxylic acids is 1. The van der Waals surface area contributed by atoms with Crippen LogP contribution >= 0.6 is 0 Å². The quantitative estimate of drug-likeness (QED) is 0.773. The minimum Gasteiger partial charge on any atom is -0.480 e. The zero-order valence-electron chi connectivity index (χ0n) is 12.7. The van der Waals surface area contributed by atoms with E-state index >= 15 is 0 Å². The molecule has 0 aliphatic heterocycles. The molecule has 2 fully saturated rings. The molecule has 2 N–H and O–H groups in total. The van der Waals surface area contributed by atoms with Crippen molar-refractivity contribution in [2.75, 3.05) is 13.1 Å². The van der Waals surface area contributed by atoms with E-state index in [4.69, 9.17) is 5.11 Å². The maximum atomic E-state index is 13.5. The second-order valence-corrected chi connectivity index (χ2v) is 6.56. The molecular weight excluding hydrogens is 283 g/mol. The van der Waals surface area contributed by atoms with E-state index < -0.39 is 5.97 Å². The number of benzene rings is 1. The van der Waals surface area contributed by atoms with E-state index in [1.54, 1.807) is 12.1 Å². The molecule has 2 saturated carbocycles. The zero-order valence-corrected chi connectivity index (χ0v) is 12.7. The Morgan fingerprint density at radius 1 is 1.32 bits per heavy atom. The van der Waals surface area contributed by atoms with Crippen LogP contribution in [0.1, 0.15) is 31.2 Å². The van der Waals surface area contributed by atoms with Gasteiger partial charge in [-0.15, -0.1) is 0 Å². The molecule has 0 atom stereocenters.